The number of aliphatic carboxylic acids is 1. The number of carboxylic acid groups (broad SMARTS) is 1. The van der Waals surface area contributed by atoms with Crippen LogP contribution in [-0.4, -0.2) is 18.1 Å². The largest absolute Gasteiger partial charge is 0.481 e. The number of benzene rings is 1. The van der Waals surface area contributed by atoms with Crippen molar-refractivity contribution < 1.29 is 14.3 Å². The molecule has 1 atom stereocenters. The molecule has 0 aromatic heterocycles. The fraction of sp³-hybridized carbons (Fsp3) is 0.462. The molecule has 5 heteroatoms. The molecular formula is C13H15BrFNO2. The van der Waals surface area contributed by atoms with Crippen molar-refractivity contribution in [1.82, 2.24) is 5.32 Å². The number of nitrogens with one attached hydrogen (secondary N) is 1. The first-order valence-corrected chi connectivity index (χ1v) is 6.66. The van der Waals surface area contributed by atoms with Crippen LogP contribution in [0.2, 0.25) is 0 Å². The first-order valence-electron chi connectivity index (χ1n) is 5.87. The Labute approximate surface area is 114 Å². The van der Waals surface area contributed by atoms with Crippen LogP contribution >= 0.6 is 15.9 Å². The molecule has 0 spiro atoms. The second-order valence-corrected chi connectivity index (χ2v) is 5.62. The van der Waals surface area contributed by atoms with Crippen molar-refractivity contribution in [2.45, 2.75) is 25.3 Å². The van der Waals surface area contributed by atoms with Gasteiger partial charge >= 0.3 is 5.97 Å². The molecule has 1 aliphatic carbocycles. The molecule has 1 aliphatic rings. The summed E-state index contributed by atoms with van der Waals surface area (Å²) in [7, 11) is 1.67. The average molecular weight is 316 g/mol. The first kappa shape index (κ1) is 13.5. The van der Waals surface area contributed by atoms with Gasteiger partial charge in [-0.3, -0.25) is 4.79 Å². The number of halogens is 2. The van der Waals surface area contributed by atoms with Crippen molar-refractivity contribution in [2.75, 3.05) is 7.05 Å². The van der Waals surface area contributed by atoms with Gasteiger partial charge in [0.15, 0.2) is 0 Å². The van der Waals surface area contributed by atoms with Gasteiger partial charge in [-0.05, 0) is 38.1 Å². The van der Waals surface area contributed by atoms with E-state index >= 15 is 0 Å². The highest BCUT2D eigenvalue weighted by Gasteiger charge is 2.51. The lowest BCUT2D eigenvalue weighted by atomic mass is 9.62. The number of carboxylic acids is 1. The molecule has 1 fully saturated rings. The van der Waals surface area contributed by atoms with Crippen LogP contribution in [0.1, 0.15) is 30.9 Å². The standard InChI is InChI=1S/C13H15BrFNO2/c1-16-11(13(12(17)18)5-2-6-13)9-7-8(14)3-4-10(9)15/h3-4,7,11,16H,2,5-6H2,1H3,(H,17,18). The second kappa shape index (κ2) is 4.97. The molecule has 0 aliphatic heterocycles. The zero-order valence-electron chi connectivity index (χ0n) is 10.0. The van der Waals surface area contributed by atoms with Crippen LogP contribution < -0.4 is 5.32 Å². The third-order valence-electron chi connectivity index (χ3n) is 3.78. The smallest absolute Gasteiger partial charge is 0.311 e. The van der Waals surface area contributed by atoms with E-state index in [-0.39, 0.29) is 5.82 Å². The van der Waals surface area contributed by atoms with E-state index in [1.165, 1.54) is 6.07 Å². The maximum absolute atomic E-state index is 13.9. The Hall–Kier alpha value is -0.940. The van der Waals surface area contributed by atoms with E-state index in [1.807, 2.05) is 0 Å². The van der Waals surface area contributed by atoms with Crippen LogP contribution in [0.3, 0.4) is 0 Å². The van der Waals surface area contributed by atoms with Crippen molar-refractivity contribution in [1.29, 1.82) is 0 Å². The predicted octanol–water partition coefficient (Wildman–Crippen LogP) is 3.10. The average Bonchev–Trinajstić information content (AvgIpc) is 2.26. The van der Waals surface area contributed by atoms with Gasteiger partial charge in [0, 0.05) is 10.0 Å². The van der Waals surface area contributed by atoms with Gasteiger partial charge in [-0.2, -0.15) is 0 Å². The molecule has 98 valence electrons. The van der Waals surface area contributed by atoms with Crippen LogP contribution in [0, 0.1) is 11.2 Å². The van der Waals surface area contributed by atoms with Gasteiger partial charge in [-0.15, -0.1) is 0 Å². The molecule has 3 nitrogen and oxygen atoms in total. The lowest BCUT2D eigenvalue weighted by Gasteiger charge is -2.44. The molecule has 2 N–H and O–H groups in total. The Morgan fingerprint density at radius 2 is 2.22 bits per heavy atom. The van der Waals surface area contributed by atoms with E-state index in [0.29, 0.717) is 18.4 Å². The van der Waals surface area contributed by atoms with Crippen LogP contribution in [0.5, 0.6) is 0 Å². The van der Waals surface area contributed by atoms with E-state index in [4.69, 9.17) is 0 Å². The first-order chi connectivity index (χ1) is 8.51. The topological polar surface area (TPSA) is 49.3 Å². The summed E-state index contributed by atoms with van der Waals surface area (Å²) in [4.78, 5) is 11.5. The molecule has 1 aromatic carbocycles. The Morgan fingerprint density at radius 3 is 2.67 bits per heavy atom. The summed E-state index contributed by atoms with van der Waals surface area (Å²) in [5.41, 5.74) is -0.467. The number of hydrogen-bond donors (Lipinski definition) is 2. The summed E-state index contributed by atoms with van der Waals surface area (Å²) in [6.07, 6.45) is 2.04. The van der Waals surface area contributed by atoms with E-state index in [2.05, 4.69) is 21.2 Å². The molecule has 1 aromatic rings. The zero-order valence-corrected chi connectivity index (χ0v) is 11.6. The summed E-state index contributed by atoms with van der Waals surface area (Å²) >= 11 is 3.30. The summed E-state index contributed by atoms with van der Waals surface area (Å²) < 4.78 is 14.7. The third-order valence-corrected chi connectivity index (χ3v) is 4.28. The molecule has 0 radical (unpaired) electrons. The number of hydrogen-bond acceptors (Lipinski definition) is 2. The van der Waals surface area contributed by atoms with Gasteiger partial charge in [-0.25, -0.2) is 4.39 Å². The highest BCUT2D eigenvalue weighted by Crippen LogP contribution is 2.51. The minimum Gasteiger partial charge on any atom is -0.481 e. The van der Waals surface area contributed by atoms with Crippen molar-refractivity contribution in [2.24, 2.45) is 5.41 Å². The van der Waals surface area contributed by atoms with Crippen LogP contribution in [0.4, 0.5) is 4.39 Å². The minimum absolute atomic E-state index is 0.370. The quantitative estimate of drug-likeness (QED) is 0.897. The molecule has 0 saturated heterocycles. The van der Waals surface area contributed by atoms with E-state index in [1.54, 1.807) is 19.2 Å². The highest BCUT2D eigenvalue weighted by atomic mass is 79.9. The fourth-order valence-electron chi connectivity index (χ4n) is 2.65. The Bertz CT molecular complexity index is 474. The minimum atomic E-state index is -0.879. The molecular weight excluding hydrogens is 301 g/mol. The van der Waals surface area contributed by atoms with E-state index in [9.17, 15) is 14.3 Å². The molecule has 18 heavy (non-hydrogen) atoms. The normalized spacial score (nSPS) is 19.1. The van der Waals surface area contributed by atoms with E-state index in [0.717, 1.165) is 10.9 Å². The highest BCUT2D eigenvalue weighted by molar-refractivity contribution is 9.10. The fourth-order valence-corrected chi connectivity index (χ4v) is 3.03. The molecule has 1 unspecified atom stereocenters. The lowest BCUT2D eigenvalue weighted by molar-refractivity contribution is -0.157. The van der Waals surface area contributed by atoms with Gasteiger partial charge in [0.05, 0.1) is 11.5 Å². The van der Waals surface area contributed by atoms with Crippen molar-refractivity contribution in [3.8, 4) is 0 Å². The van der Waals surface area contributed by atoms with Gasteiger partial charge < -0.3 is 10.4 Å². The van der Waals surface area contributed by atoms with Crippen molar-refractivity contribution >= 4 is 21.9 Å². The maximum atomic E-state index is 13.9. The third kappa shape index (κ3) is 2.06. The predicted molar refractivity (Wildman–Crippen MR) is 69.8 cm³/mol. The van der Waals surface area contributed by atoms with Crippen molar-refractivity contribution in [3.63, 3.8) is 0 Å². The lowest BCUT2D eigenvalue weighted by Crippen LogP contribution is -2.48. The van der Waals surface area contributed by atoms with E-state index < -0.39 is 17.4 Å². The molecule has 0 bridgehead atoms. The van der Waals surface area contributed by atoms with Crippen molar-refractivity contribution in [3.05, 3.63) is 34.1 Å². The monoisotopic (exact) mass is 315 g/mol. The van der Waals surface area contributed by atoms with Gasteiger partial charge in [0.1, 0.15) is 5.82 Å². The number of rotatable bonds is 4. The maximum Gasteiger partial charge on any atom is 0.311 e. The second-order valence-electron chi connectivity index (χ2n) is 4.70. The van der Waals surface area contributed by atoms with Crippen LogP contribution in [0.15, 0.2) is 22.7 Å². The van der Waals surface area contributed by atoms with Gasteiger partial charge in [0.2, 0.25) is 0 Å². The zero-order chi connectivity index (χ0) is 13.3. The summed E-state index contributed by atoms with van der Waals surface area (Å²) in [5, 5.41) is 12.4. The summed E-state index contributed by atoms with van der Waals surface area (Å²) in [6.45, 7) is 0. The Balaban J connectivity index is 2.45. The van der Waals surface area contributed by atoms with Gasteiger partial charge in [0.25, 0.3) is 0 Å². The van der Waals surface area contributed by atoms with Crippen LogP contribution in [0.25, 0.3) is 0 Å². The molecule has 0 amide bonds. The summed E-state index contributed by atoms with van der Waals surface area (Å²) in [6, 6.07) is 4.12. The Morgan fingerprint density at radius 1 is 1.56 bits per heavy atom. The van der Waals surface area contributed by atoms with Gasteiger partial charge in [-0.1, -0.05) is 22.4 Å². The number of carbonyl (C=O) groups is 1. The molecule has 2 rings (SSSR count). The summed E-state index contributed by atoms with van der Waals surface area (Å²) in [5.74, 6) is -1.22. The molecule has 1 saturated carbocycles. The SMILES string of the molecule is CNC(c1cc(Br)ccc1F)C1(C(=O)O)CCC1. The molecule has 0 heterocycles. The van der Waals surface area contributed by atoms with Crippen LogP contribution in [-0.2, 0) is 4.79 Å². The Kier molecular flexibility index (Phi) is 3.73.